The lowest BCUT2D eigenvalue weighted by Gasteiger charge is -2.25. The maximum Gasteiger partial charge on any atom is 0.338 e. The Morgan fingerprint density at radius 3 is 2.85 bits per heavy atom. The summed E-state index contributed by atoms with van der Waals surface area (Å²) in [5.74, 6) is 1.17. The van der Waals surface area contributed by atoms with Crippen LogP contribution in [0.3, 0.4) is 0 Å². The Morgan fingerprint density at radius 2 is 2.05 bits per heavy atom. The molecular weight excluding hydrogens is 564 g/mol. The number of carbonyl (C=O) groups is 1. The van der Waals surface area contributed by atoms with Gasteiger partial charge in [0.2, 0.25) is 6.79 Å². The van der Waals surface area contributed by atoms with E-state index >= 15 is 0 Å². The molecule has 2 aliphatic heterocycles. The first kappa shape index (κ1) is 27.0. The summed E-state index contributed by atoms with van der Waals surface area (Å²) in [5.41, 5.74) is 2.22. The number of carbonyl (C=O) groups excluding carboxylic acids is 1. The van der Waals surface area contributed by atoms with Gasteiger partial charge in [-0.2, -0.15) is 0 Å². The first-order valence-corrected chi connectivity index (χ1v) is 14.8. The number of furan rings is 1. The number of ether oxygens (including phenoxy) is 3. The molecule has 5 heterocycles. The highest BCUT2D eigenvalue weighted by Crippen LogP contribution is 2.39. The molecule has 0 bridgehead atoms. The maximum atomic E-state index is 13.9. The van der Waals surface area contributed by atoms with E-state index in [0.29, 0.717) is 60.1 Å². The van der Waals surface area contributed by atoms with Crippen molar-refractivity contribution in [2.24, 2.45) is 4.99 Å². The molecule has 0 N–H and O–H groups in total. The summed E-state index contributed by atoms with van der Waals surface area (Å²) in [6.07, 6.45) is 4.71. The van der Waals surface area contributed by atoms with Gasteiger partial charge in [-0.15, -0.1) is 0 Å². The fourth-order valence-electron chi connectivity index (χ4n) is 4.68. The zero-order valence-corrected chi connectivity index (χ0v) is 24.2. The normalized spacial score (nSPS) is 16.1. The molecule has 10 nitrogen and oxygen atoms in total. The highest BCUT2D eigenvalue weighted by atomic mass is 32.2. The number of benzene rings is 1. The van der Waals surface area contributed by atoms with Crippen molar-refractivity contribution in [3.05, 3.63) is 90.6 Å². The van der Waals surface area contributed by atoms with Crippen LogP contribution in [0.15, 0.2) is 78.3 Å². The largest absolute Gasteiger partial charge is 0.463 e. The minimum Gasteiger partial charge on any atom is -0.463 e. The second-order valence-corrected chi connectivity index (χ2v) is 11.2. The number of fused-ring (bicyclic) bond motifs is 2. The lowest BCUT2D eigenvalue weighted by molar-refractivity contribution is -0.139. The van der Waals surface area contributed by atoms with Gasteiger partial charge in [-0.25, -0.2) is 19.8 Å². The average Bonchev–Trinajstić information content (AvgIpc) is 3.67. The predicted molar refractivity (Wildman–Crippen MR) is 152 cm³/mol. The van der Waals surface area contributed by atoms with Gasteiger partial charge in [0.25, 0.3) is 5.56 Å². The molecule has 210 valence electrons. The van der Waals surface area contributed by atoms with Crippen LogP contribution in [0.5, 0.6) is 11.5 Å². The number of allylic oxidation sites excluding steroid dienone is 1. The van der Waals surface area contributed by atoms with E-state index in [1.807, 2.05) is 38.1 Å². The third kappa shape index (κ3) is 5.32. The first-order chi connectivity index (χ1) is 19.9. The molecule has 6 rings (SSSR count). The second kappa shape index (κ2) is 11.4. The lowest BCUT2D eigenvalue weighted by Crippen LogP contribution is -2.40. The number of thiazole rings is 1. The molecule has 0 amide bonds. The Bertz CT molecular complexity index is 1850. The highest BCUT2D eigenvalue weighted by Gasteiger charge is 2.35. The van der Waals surface area contributed by atoms with Crippen molar-refractivity contribution in [1.82, 2.24) is 14.5 Å². The number of rotatable bonds is 8. The molecule has 0 radical (unpaired) electrons. The fraction of sp³-hybridized carbons (Fsp3) is 0.276. The molecule has 0 saturated heterocycles. The first-order valence-electron chi connectivity index (χ1n) is 13.1. The monoisotopic (exact) mass is 590 g/mol. The lowest BCUT2D eigenvalue weighted by atomic mass is 9.94. The summed E-state index contributed by atoms with van der Waals surface area (Å²) >= 11 is 2.55. The molecule has 3 aromatic heterocycles. The van der Waals surface area contributed by atoms with Gasteiger partial charge in [0.15, 0.2) is 26.5 Å². The standard InChI is InChI=1S/C29H26N4O6S2/c1-4-6-19-24(27(35)36-5-2)25(17-7-9-20-21(13-17)38-15-37-20)33-26(34)22(40-29(33)32-19)14-18-8-10-23(39-18)41-28-30-12-11-16(3)31-28/h7-14,25H,4-6,15H2,1-3H3/b22-14+/t25-/m0/s1. The van der Waals surface area contributed by atoms with E-state index in [1.54, 1.807) is 35.9 Å². The predicted octanol–water partition coefficient (Wildman–Crippen LogP) is 4.15. The van der Waals surface area contributed by atoms with Crippen LogP contribution < -0.4 is 24.4 Å². The molecule has 0 spiro atoms. The van der Waals surface area contributed by atoms with Crippen LogP contribution in [0.1, 0.15) is 49.7 Å². The number of hydrogen-bond acceptors (Lipinski definition) is 11. The summed E-state index contributed by atoms with van der Waals surface area (Å²) in [6, 6.07) is 10.1. The molecule has 0 unspecified atom stereocenters. The molecule has 0 fully saturated rings. The zero-order valence-electron chi connectivity index (χ0n) is 22.6. The van der Waals surface area contributed by atoms with Crippen LogP contribution in [-0.4, -0.2) is 33.9 Å². The van der Waals surface area contributed by atoms with E-state index in [4.69, 9.17) is 23.6 Å². The highest BCUT2D eigenvalue weighted by molar-refractivity contribution is 7.99. The van der Waals surface area contributed by atoms with Crippen molar-refractivity contribution >= 4 is 35.1 Å². The summed E-state index contributed by atoms with van der Waals surface area (Å²) in [4.78, 5) is 41.2. The van der Waals surface area contributed by atoms with Gasteiger partial charge in [-0.1, -0.05) is 30.7 Å². The van der Waals surface area contributed by atoms with E-state index in [-0.39, 0.29) is 19.0 Å². The molecule has 2 aliphatic rings. The number of hydrogen-bond donors (Lipinski definition) is 0. The van der Waals surface area contributed by atoms with Crippen LogP contribution in [-0.2, 0) is 9.53 Å². The van der Waals surface area contributed by atoms with E-state index in [1.165, 1.54) is 23.1 Å². The topological polar surface area (TPSA) is 118 Å². The molecular formula is C29H26N4O6S2. The van der Waals surface area contributed by atoms with E-state index in [2.05, 4.69) is 9.97 Å². The van der Waals surface area contributed by atoms with Crippen LogP contribution in [0.2, 0.25) is 0 Å². The van der Waals surface area contributed by atoms with E-state index < -0.39 is 12.0 Å². The SMILES string of the molecule is CCCC1=C(C(=O)OCC)[C@H](c2ccc3c(c2)OCO3)n2c(s/c(=C/c3ccc(Sc4nccc(C)n4)o3)c2=O)=N1. The Balaban J connectivity index is 1.46. The van der Waals surface area contributed by atoms with Gasteiger partial charge in [0.1, 0.15) is 5.76 Å². The van der Waals surface area contributed by atoms with E-state index in [9.17, 15) is 9.59 Å². The molecule has 1 atom stereocenters. The minimum atomic E-state index is -0.746. The van der Waals surface area contributed by atoms with Gasteiger partial charge >= 0.3 is 5.97 Å². The van der Waals surface area contributed by atoms with Crippen molar-refractivity contribution in [3.63, 3.8) is 0 Å². The van der Waals surface area contributed by atoms with E-state index in [0.717, 1.165) is 12.1 Å². The Morgan fingerprint density at radius 1 is 1.20 bits per heavy atom. The summed E-state index contributed by atoms with van der Waals surface area (Å²) < 4.78 is 24.5. The number of esters is 1. The third-order valence-corrected chi connectivity index (χ3v) is 8.23. The Kier molecular flexibility index (Phi) is 7.50. The quantitative estimate of drug-likeness (QED) is 0.220. The second-order valence-electron chi connectivity index (χ2n) is 9.27. The summed E-state index contributed by atoms with van der Waals surface area (Å²) in [7, 11) is 0. The number of aryl methyl sites for hydroxylation is 1. The smallest absolute Gasteiger partial charge is 0.338 e. The van der Waals surface area contributed by atoms with Gasteiger partial charge in [-0.3, -0.25) is 9.36 Å². The van der Waals surface area contributed by atoms with Crippen LogP contribution in [0.25, 0.3) is 6.08 Å². The van der Waals surface area contributed by atoms with Crippen molar-refractivity contribution < 1.29 is 23.4 Å². The molecule has 1 aromatic carbocycles. The summed E-state index contributed by atoms with van der Waals surface area (Å²) in [6.45, 7) is 5.98. The van der Waals surface area contributed by atoms with Crippen LogP contribution in [0, 0.1) is 6.92 Å². The molecule has 4 aromatic rings. The molecule has 0 saturated carbocycles. The van der Waals surface area contributed by atoms with Crippen molar-refractivity contribution in [2.45, 2.75) is 49.9 Å². The van der Waals surface area contributed by atoms with Gasteiger partial charge in [0, 0.05) is 18.0 Å². The third-order valence-electron chi connectivity index (χ3n) is 6.44. The number of aromatic nitrogens is 3. The molecule has 12 heteroatoms. The average molecular weight is 591 g/mol. The van der Waals surface area contributed by atoms with Crippen molar-refractivity contribution in [1.29, 1.82) is 0 Å². The van der Waals surface area contributed by atoms with Gasteiger partial charge in [-0.05, 0) is 67.9 Å². The Hall–Kier alpha value is -4.16. The summed E-state index contributed by atoms with van der Waals surface area (Å²) in [5, 5.41) is 1.17. The van der Waals surface area contributed by atoms with Crippen molar-refractivity contribution in [2.75, 3.05) is 13.4 Å². The zero-order chi connectivity index (χ0) is 28.5. The van der Waals surface area contributed by atoms with Gasteiger partial charge < -0.3 is 18.6 Å². The Labute approximate surface area is 243 Å². The maximum absolute atomic E-state index is 13.9. The van der Waals surface area contributed by atoms with Crippen LogP contribution >= 0.6 is 23.1 Å². The van der Waals surface area contributed by atoms with Crippen molar-refractivity contribution in [3.8, 4) is 11.5 Å². The number of nitrogens with zero attached hydrogens (tertiary/aromatic N) is 4. The molecule has 0 aliphatic carbocycles. The van der Waals surface area contributed by atoms with Crippen LogP contribution in [0.4, 0.5) is 0 Å². The molecule has 41 heavy (non-hydrogen) atoms. The minimum absolute atomic E-state index is 0.114. The van der Waals surface area contributed by atoms with Gasteiger partial charge in [0.05, 0.1) is 28.5 Å². The fourth-order valence-corrected chi connectivity index (χ4v) is 6.44.